The van der Waals surface area contributed by atoms with Gasteiger partial charge in [0.25, 0.3) is 5.91 Å². The average molecular weight is 453 g/mol. The molecule has 0 saturated heterocycles. The Kier molecular flexibility index (Phi) is 5.21. The van der Waals surface area contributed by atoms with Crippen molar-refractivity contribution in [3.63, 3.8) is 0 Å². The maximum Gasteiger partial charge on any atom is 0.277 e. The fraction of sp³-hybridized carbons (Fsp3) is 0.304. The zero-order valence-electron chi connectivity index (χ0n) is 17.1. The second kappa shape index (κ2) is 7.67. The van der Waals surface area contributed by atoms with Gasteiger partial charge in [0, 0.05) is 35.5 Å². The minimum atomic E-state index is -0.217. The second-order valence-corrected chi connectivity index (χ2v) is 8.92. The number of aromatic nitrogens is 2. The van der Waals surface area contributed by atoms with Crippen LogP contribution in [0.5, 0.6) is 0 Å². The van der Waals surface area contributed by atoms with Gasteiger partial charge in [-0.1, -0.05) is 48.0 Å². The third-order valence-electron chi connectivity index (χ3n) is 5.29. The second-order valence-electron chi connectivity index (χ2n) is 8.07. The number of nitrogens with one attached hydrogen (secondary N) is 1. The largest absolute Gasteiger partial charge is 0.378 e. The highest BCUT2D eigenvalue weighted by molar-refractivity contribution is 9.10. The van der Waals surface area contributed by atoms with Crippen LogP contribution in [-0.2, 0) is 6.42 Å². The van der Waals surface area contributed by atoms with Crippen LogP contribution in [-0.4, -0.2) is 30.2 Å². The summed E-state index contributed by atoms with van der Waals surface area (Å²) in [6.07, 6.45) is 0.827. The molecular formula is C23H25BrN4O. The molecular weight excluding hydrogens is 428 g/mol. The number of carbonyl (C=O) groups is 1. The minimum absolute atomic E-state index is 0.0409. The van der Waals surface area contributed by atoms with Gasteiger partial charge in [0.2, 0.25) is 0 Å². The Labute approximate surface area is 179 Å². The van der Waals surface area contributed by atoms with Gasteiger partial charge in [-0.3, -0.25) is 14.8 Å². The van der Waals surface area contributed by atoms with Gasteiger partial charge < -0.3 is 4.90 Å². The number of hydrogen-bond donors (Lipinski definition) is 1. The molecule has 2 heterocycles. The molecule has 4 rings (SSSR count). The summed E-state index contributed by atoms with van der Waals surface area (Å²) >= 11 is 3.70. The number of rotatable bonds is 5. The van der Waals surface area contributed by atoms with E-state index in [4.69, 9.17) is 0 Å². The highest BCUT2D eigenvalue weighted by Crippen LogP contribution is 2.45. The molecule has 0 spiro atoms. The fourth-order valence-electron chi connectivity index (χ4n) is 3.92. The van der Waals surface area contributed by atoms with E-state index < -0.39 is 0 Å². The predicted octanol–water partition coefficient (Wildman–Crippen LogP) is 5.19. The van der Waals surface area contributed by atoms with Crippen molar-refractivity contribution < 1.29 is 4.79 Å². The van der Waals surface area contributed by atoms with Crippen molar-refractivity contribution in [3.05, 3.63) is 75.5 Å². The third kappa shape index (κ3) is 3.46. The van der Waals surface area contributed by atoms with Crippen molar-refractivity contribution in [1.82, 2.24) is 10.2 Å². The molecule has 0 radical (unpaired) electrons. The summed E-state index contributed by atoms with van der Waals surface area (Å²) in [6, 6.07) is 16.0. The van der Waals surface area contributed by atoms with Crippen molar-refractivity contribution in [2.45, 2.75) is 26.3 Å². The lowest BCUT2D eigenvalue weighted by Crippen LogP contribution is -2.29. The van der Waals surface area contributed by atoms with Crippen molar-refractivity contribution >= 4 is 33.2 Å². The van der Waals surface area contributed by atoms with Crippen LogP contribution in [0.3, 0.4) is 0 Å². The van der Waals surface area contributed by atoms with Gasteiger partial charge in [-0.05, 0) is 48.2 Å². The first kappa shape index (κ1) is 19.7. The number of H-pyrrole nitrogens is 1. The zero-order valence-corrected chi connectivity index (χ0v) is 18.7. The summed E-state index contributed by atoms with van der Waals surface area (Å²) in [5, 5.41) is 7.53. The van der Waals surface area contributed by atoms with Gasteiger partial charge in [-0.2, -0.15) is 5.10 Å². The quantitative estimate of drug-likeness (QED) is 0.579. The summed E-state index contributed by atoms with van der Waals surface area (Å²) in [6.45, 7) is 4.34. The summed E-state index contributed by atoms with van der Waals surface area (Å²) in [5.41, 5.74) is 5.59. The number of anilines is 2. The molecule has 1 aliphatic heterocycles. The Hall–Kier alpha value is -2.60. The Balaban J connectivity index is 1.87. The zero-order chi connectivity index (χ0) is 20.7. The maximum absolute atomic E-state index is 13.4. The highest BCUT2D eigenvalue weighted by Gasteiger charge is 2.43. The molecule has 1 N–H and O–H groups in total. The molecule has 0 saturated carbocycles. The van der Waals surface area contributed by atoms with Crippen molar-refractivity contribution in [3.8, 4) is 0 Å². The lowest BCUT2D eigenvalue weighted by Gasteiger charge is -2.28. The Morgan fingerprint density at radius 2 is 1.83 bits per heavy atom. The predicted molar refractivity (Wildman–Crippen MR) is 121 cm³/mol. The first-order valence-corrected chi connectivity index (χ1v) is 10.6. The van der Waals surface area contributed by atoms with E-state index in [1.54, 1.807) is 0 Å². The first-order chi connectivity index (χ1) is 13.9. The molecule has 0 fully saturated rings. The summed E-state index contributed by atoms with van der Waals surface area (Å²) < 4.78 is 0.984. The molecule has 150 valence electrons. The van der Waals surface area contributed by atoms with E-state index in [9.17, 15) is 4.79 Å². The summed E-state index contributed by atoms with van der Waals surface area (Å²) in [4.78, 5) is 17.4. The van der Waals surface area contributed by atoms with Gasteiger partial charge in [-0.15, -0.1) is 0 Å². The van der Waals surface area contributed by atoms with Gasteiger partial charge in [-0.25, -0.2) is 0 Å². The molecule has 2 aromatic carbocycles. The van der Waals surface area contributed by atoms with E-state index in [1.807, 2.05) is 66.4 Å². The number of amides is 1. The van der Waals surface area contributed by atoms with Crippen LogP contribution in [0.25, 0.3) is 0 Å². The number of nitrogens with zero attached hydrogens (tertiary/aromatic N) is 3. The van der Waals surface area contributed by atoms with E-state index in [0.717, 1.165) is 39.1 Å². The van der Waals surface area contributed by atoms with Crippen molar-refractivity contribution in [1.29, 1.82) is 0 Å². The number of aromatic amines is 1. The smallest absolute Gasteiger partial charge is 0.277 e. The number of benzene rings is 2. The van der Waals surface area contributed by atoms with E-state index in [-0.39, 0.29) is 11.9 Å². The molecule has 1 atom stereocenters. The first-order valence-electron chi connectivity index (χ1n) is 9.81. The molecule has 1 amide bonds. The van der Waals surface area contributed by atoms with Crippen LogP contribution in [0.1, 0.15) is 47.2 Å². The number of fused-ring (bicyclic) bond motifs is 1. The SMILES string of the molecule is CC(C)Cc1n[nH]c2c1C(c1ccccc1Br)N(c1ccc(N(C)C)cc1)C2=O. The molecule has 1 unspecified atom stereocenters. The topological polar surface area (TPSA) is 52.2 Å². The van der Waals surface area contributed by atoms with Crippen LogP contribution < -0.4 is 9.80 Å². The van der Waals surface area contributed by atoms with Gasteiger partial charge in [0.15, 0.2) is 0 Å². The summed E-state index contributed by atoms with van der Waals surface area (Å²) in [5.74, 6) is 0.409. The minimum Gasteiger partial charge on any atom is -0.378 e. The van der Waals surface area contributed by atoms with Crippen LogP contribution in [0, 0.1) is 5.92 Å². The molecule has 0 aliphatic carbocycles. The molecule has 3 aromatic rings. The molecule has 29 heavy (non-hydrogen) atoms. The van der Waals surface area contributed by atoms with E-state index in [2.05, 4.69) is 46.0 Å². The van der Waals surface area contributed by atoms with Gasteiger partial charge >= 0.3 is 0 Å². The van der Waals surface area contributed by atoms with E-state index in [1.165, 1.54) is 0 Å². The molecule has 1 aliphatic rings. The fourth-order valence-corrected chi connectivity index (χ4v) is 4.43. The maximum atomic E-state index is 13.4. The van der Waals surface area contributed by atoms with Crippen LogP contribution in [0.4, 0.5) is 11.4 Å². The molecule has 6 heteroatoms. The Bertz CT molecular complexity index is 1040. The van der Waals surface area contributed by atoms with E-state index >= 15 is 0 Å². The number of carbonyl (C=O) groups excluding carboxylic acids is 1. The van der Waals surface area contributed by atoms with Crippen LogP contribution in [0.2, 0.25) is 0 Å². The standard InChI is InChI=1S/C23H25BrN4O/c1-14(2)13-19-20-21(26-25-19)23(29)28(16-11-9-15(10-12-16)27(3)4)22(20)17-7-5-6-8-18(17)24/h5-12,14,22H,13H2,1-4H3,(H,25,26). The number of hydrogen-bond acceptors (Lipinski definition) is 3. The lowest BCUT2D eigenvalue weighted by molar-refractivity contribution is 0.0988. The Morgan fingerprint density at radius 3 is 2.45 bits per heavy atom. The normalized spacial score (nSPS) is 15.9. The third-order valence-corrected chi connectivity index (χ3v) is 6.02. The van der Waals surface area contributed by atoms with E-state index in [0.29, 0.717) is 11.6 Å². The van der Waals surface area contributed by atoms with Crippen molar-refractivity contribution in [2.24, 2.45) is 5.92 Å². The monoisotopic (exact) mass is 452 g/mol. The van der Waals surface area contributed by atoms with Crippen molar-refractivity contribution in [2.75, 3.05) is 23.9 Å². The molecule has 1 aromatic heterocycles. The lowest BCUT2D eigenvalue weighted by atomic mass is 9.95. The van der Waals surface area contributed by atoms with Gasteiger partial charge in [0.1, 0.15) is 5.69 Å². The molecule has 5 nitrogen and oxygen atoms in total. The number of halogens is 1. The van der Waals surface area contributed by atoms with Gasteiger partial charge in [0.05, 0.1) is 11.7 Å². The van der Waals surface area contributed by atoms with Crippen LogP contribution in [0.15, 0.2) is 53.0 Å². The Morgan fingerprint density at radius 1 is 1.14 bits per heavy atom. The average Bonchev–Trinajstić information content (AvgIpc) is 3.21. The summed E-state index contributed by atoms with van der Waals surface area (Å²) in [7, 11) is 4.02. The molecule has 0 bridgehead atoms. The highest BCUT2D eigenvalue weighted by atomic mass is 79.9. The van der Waals surface area contributed by atoms with Crippen LogP contribution >= 0.6 is 15.9 Å².